The minimum atomic E-state index is -0.676. The van der Waals surface area contributed by atoms with Crippen molar-refractivity contribution < 1.29 is 13.9 Å². The fraction of sp³-hybridized carbons (Fsp3) is 0.533. The molecule has 0 aliphatic carbocycles. The predicted molar refractivity (Wildman–Crippen MR) is 76.9 cm³/mol. The van der Waals surface area contributed by atoms with Crippen LogP contribution in [0, 0.1) is 5.82 Å². The van der Waals surface area contributed by atoms with Crippen LogP contribution in [0.3, 0.4) is 0 Å². The summed E-state index contributed by atoms with van der Waals surface area (Å²) < 4.78 is 18.2. The predicted octanol–water partition coefficient (Wildman–Crippen LogP) is 2.61. The first kappa shape index (κ1) is 16.4. The summed E-state index contributed by atoms with van der Waals surface area (Å²) in [5.74, 6) is -0.293. The lowest BCUT2D eigenvalue weighted by Crippen LogP contribution is -2.50. The second kappa shape index (κ2) is 6.22. The molecule has 1 amide bonds. The minimum absolute atomic E-state index is 0.248. The molecule has 1 aromatic carbocycles. The van der Waals surface area contributed by atoms with E-state index in [0.29, 0.717) is 6.42 Å². The Morgan fingerprint density at radius 1 is 1.35 bits per heavy atom. The number of hydrogen-bond acceptors (Lipinski definition) is 3. The third kappa shape index (κ3) is 6.52. The summed E-state index contributed by atoms with van der Waals surface area (Å²) in [5, 5.41) is 2.63. The van der Waals surface area contributed by atoms with Crippen LogP contribution < -0.4 is 11.1 Å². The van der Waals surface area contributed by atoms with Crippen molar-refractivity contribution in [3.63, 3.8) is 0 Å². The molecule has 0 heterocycles. The molecule has 0 aromatic heterocycles. The zero-order chi connectivity index (χ0) is 15.4. The van der Waals surface area contributed by atoms with Crippen LogP contribution in [-0.2, 0) is 11.2 Å². The van der Waals surface area contributed by atoms with Crippen LogP contribution in [0.15, 0.2) is 24.3 Å². The number of nitrogens with one attached hydrogen (secondary N) is 1. The van der Waals surface area contributed by atoms with Crippen molar-refractivity contribution in [1.82, 2.24) is 5.32 Å². The summed E-state index contributed by atoms with van der Waals surface area (Å²) in [4.78, 5) is 11.6. The number of nitrogens with two attached hydrogens (primary N) is 1. The molecule has 4 nitrogen and oxygen atoms in total. The first-order chi connectivity index (χ1) is 9.07. The molecule has 0 bridgehead atoms. The van der Waals surface area contributed by atoms with Crippen molar-refractivity contribution in [3.8, 4) is 0 Å². The number of amides is 1. The van der Waals surface area contributed by atoms with E-state index in [1.165, 1.54) is 12.1 Å². The Hall–Kier alpha value is -1.62. The van der Waals surface area contributed by atoms with Crippen molar-refractivity contribution in [3.05, 3.63) is 35.6 Å². The van der Waals surface area contributed by atoms with E-state index in [1.807, 2.05) is 6.07 Å². The Balaban J connectivity index is 2.51. The largest absolute Gasteiger partial charge is 0.444 e. The molecule has 5 heteroatoms. The lowest BCUT2D eigenvalue weighted by Gasteiger charge is -2.26. The van der Waals surface area contributed by atoms with Crippen molar-refractivity contribution in [1.29, 1.82) is 0 Å². The molecule has 0 aliphatic heterocycles. The highest BCUT2D eigenvalue weighted by Gasteiger charge is 2.22. The number of carbonyl (C=O) groups excluding carboxylic acids is 1. The zero-order valence-corrected chi connectivity index (χ0v) is 12.5. The van der Waals surface area contributed by atoms with Gasteiger partial charge in [-0.15, -0.1) is 0 Å². The van der Waals surface area contributed by atoms with Gasteiger partial charge >= 0.3 is 6.09 Å². The van der Waals surface area contributed by atoms with Crippen molar-refractivity contribution in [2.24, 2.45) is 5.73 Å². The smallest absolute Gasteiger partial charge is 0.407 e. The summed E-state index contributed by atoms with van der Waals surface area (Å²) in [6, 6.07) is 6.28. The minimum Gasteiger partial charge on any atom is -0.444 e. The number of alkyl carbamates (subject to hydrolysis) is 1. The summed E-state index contributed by atoms with van der Waals surface area (Å²) >= 11 is 0. The van der Waals surface area contributed by atoms with Gasteiger partial charge in [0.15, 0.2) is 0 Å². The molecule has 0 spiro atoms. The molecule has 20 heavy (non-hydrogen) atoms. The number of carbonyl (C=O) groups is 1. The Labute approximate surface area is 119 Å². The molecule has 0 fully saturated rings. The summed E-state index contributed by atoms with van der Waals surface area (Å²) in [6.07, 6.45) is -0.0472. The van der Waals surface area contributed by atoms with E-state index < -0.39 is 17.2 Å². The Morgan fingerprint density at radius 2 is 2.00 bits per heavy atom. The van der Waals surface area contributed by atoms with Crippen LogP contribution in [0.5, 0.6) is 0 Å². The number of ether oxygens (including phenoxy) is 1. The van der Waals surface area contributed by atoms with E-state index in [4.69, 9.17) is 10.5 Å². The van der Waals surface area contributed by atoms with Crippen molar-refractivity contribution >= 4 is 6.09 Å². The van der Waals surface area contributed by atoms with Crippen LogP contribution in [-0.4, -0.2) is 23.8 Å². The molecule has 0 saturated carbocycles. The normalized spacial score (nSPS) is 14.5. The molecule has 0 radical (unpaired) electrons. The van der Waals surface area contributed by atoms with Gasteiger partial charge in [-0.05, 0) is 51.8 Å². The summed E-state index contributed by atoms with van der Waals surface area (Å²) in [6.45, 7) is 7.43. The van der Waals surface area contributed by atoms with Gasteiger partial charge in [-0.3, -0.25) is 0 Å². The molecule has 1 atom stereocenters. The van der Waals surface area contributed by atoms with E-state index in [0.717, 1.165) is 5.56 Å². The average Bonchev–Trinajstić information content (AvgIpc) is 2.23. The Bertz CT molecular complexity index is 467. The molecule has 0 aliphatic rings. The zero-order valence-electron chi connectivity index (χ0n) is 12.5. The first-order valence-electron chi connectivity index (χ1n) is 6.58. The maximum absolute atomic E-state index is 13.1. The number of hydrogen-bond donors (Lipinski definition) is 2. The van der Waals surface area contributed by atoms with Crippen molar-refractivity contribution in [2.45, 2.75) is 45.3 Å². The van der Waals surface area contributed by atoms with E-state index in [-0.39, 0.29) is 12.4 Å². The molecular weight excluding hydrogens is 259 g/mol. The fourth-order valence-electron chi connectivity index (χ4n) is 1.76. The van der Waals surface area contributed by atoms with Crippen molar-refractivity contribution in [2.75, 3.05) is 6.54 Å². The second-order valence-electron chi connectivity index (χ2n) is 6.32. The van der Waals surface area contributed by atoms with Gasteiger partial charge in [-0.25, -0.2) is 9.18 Å². The summed E-state index contributed by atoms with van der Waals surface area (Å²) in [5.41, 5.74) is 5.69. The lowest BCUT2D eigenvalue weighted by molar-refractivity contribution is 0.0516. The van der Waals surface area contributed by atoms with E-state index in [1.54, 1.807) is 33.8 Å². The van der Waals surface area contributed by atoms with Gasteiger partial charge in [-0.1, -0.05) is 12.1 Å². The number of benzene rings is 1. The number of halogens is 1. The van der Waals surface area contributed by atoms with Gasteiger partial charge in [-0.2, -0.15) is 0 Å². The van der Waals surface area contributed by atoms with Gasteiger partial charge in [0, 0.05) is 12.1 Å². The molecule has 0 saturated heterocycles. The molecule has 1 rings (SSSR count). The molecule has 1 aromatic rings. The van der Waals surface area contributed by atoms with Gasteiger partial charge in [0.25, 0.3) is 0 Å². The maximum atomic E-state index is 13.1. The molecule has 112 valence electrons. The van der Waals surface area contributed by atoms with Crippen LogP contribution in [0.1, 0.15) is 33.3 Å². The highest BCUT2D eigenvalue weighted by Crippen LogP contribution is 2.12. The van der Waals surface area contributed by atoms with Crippen LogP contribution in [0.4, 0.5) is 9.18 Å². The van der Waals surface area contributed by atoms with Crippen LogP contribution in [0.25, 0.3) is 0 Å². The topological polar surface area (TPSA) is 64.3 Å². The lowest BCUT2D eigenvalue weighted by atomic mass is 9.94. The fourth-order valence-corrected chi connectivity index (χ4v) is 1.76. The van der Waals surface area contributed by atoms with E-state index in [2.05, 4.69) is 5.32 Å². The third-order valence-electron chi connectivity index (χ3n) is 2.53. The van der Waals surface area contributed by atoms with E-state index >= 15 is 0 Å². The van der Waals surface area contributed by atoms with Crippen LogP contribution >= 0.6 is 0 Å². The summed E-state index contributed by atoms with van der Waals surface area (Å²) in [7, 11) is 0. The highest BCUT2D eigenvalue weighted by molar-refractivity contribution is 5.67. The molecule has 3 N–H and O–H groups in total. The average molecular weight is 282 g/mol. The van der Waals surface area contributed by atoms with Crippen LogP contribution in [0.2, 0.25) is 0 Å². The standard InChI is InChI=1S/C15H23FN2O2/c1-14(2,3)20-13(19)18-10-15(4,17)9-11-6-5-7-12(16)8-11/h5-8H,9-10,17H2,1-4H3,(H,18,19). The highest BCUT2D eigenvalue weighted by atomic mass is 19.1. The van der Waals surface area contributed by atoms with Gasteiger partial charge in [0.05, 0.1) is 0 Å². The van der Waals surface area contributed by atoms with E-state index in [9.17, 15) is 9.18 Å². The second-order valence-corrected chi connectivity index (χ2v) is 6.32. The number of rotatable bonds is 4. The monoisotopic (exact) mass is 282 g/mol. The van der Waals surface area contributed by atoms with Gasteiger partial charge in [0.2, 0.25) is 0 Å². The SMILES string of the molecule is CC(N)(CNC(=O)OC(C)(C)C)Cc1cccc(F)c1. The first-order valence-corrected chi connectivity index (χ1v) is 6.58. The quantitative estimate of drug-likeness (QED) is 0.892. The van der Waals surface area contributed by atoms with Gasteiger partial charge < -0.3 is 15.8 Å². The molecule has 1 unspecified atom stereocenters. The third-order valence-corrected chi connectivity index (χ3v) is 2.53. The Morgan fingerprint density at radius 3 is 2.55 bits per heavy atom. The maximum Gasteiger partial charge on any atom is 0.407 e. The Kier molecular flexibility index (Phi) is 5.11. The van der Waals surface area contributed by atoms with Gasteiger partial charge in [0.1, 0.15) is 11.4 Å². The molecular formula is C15H23FN2O2.